The number of benzene rings is 1. The summed E-state index contributed by atoms with van der Waals surface area (Å²) >= 11 is 0. The minimum absolute atomic E-state index is 0.0250. The van der Waals surface area contributed by atoms with E-state index < -0.39 is 10.0 Å². The number of rotatable bonds is 7. The van der Waals surface area contributed by atoms with Crippen LogP contribution in [0.25, 0.3) is 11.3 Å². The Balaban J connectivity index is 1.46. The van der Waals surface area contributed by atoms with Gasteiger partial charge < -0.3 is 14.5 Å². The summed E-state index contributed by atoms with van der Waals surface area (Å²) in [5.74, 6) is 2.26. The molecule has 1 fully saturated rings. The van der Waals surface area contributed by atoms with Gasteiger partial charge in [0.25, 0.3) is 0 Å². The number of piperidine rings is 1. The van der Waals surface area contributed by atoms with Crippen molar-refractivity contribution in [2.24, 2.45) is 0 Å². The van der Waals surface area contributed by atoms with Crippen molar-refractivity contribution in [3.05, 3.63) is 42.2 Å². The Labute approximate surface area is 165 Å². The Morgan fingerprint density at radius 2 is 1.86 bits per heavy atom. The predicted octanol–water partition coefficient (Wildman–Crippen LogP) is 2.43. The van der Waals surface area contributed by atoms with Crippen LogP contribution >= 0.6 is 0 Å². The van der Waals surface area contributed by atoms with Crippen LogP contribution in [0.2, 0.25) is 0 Å². The molecule has 1 saturated heterocycles. The molecule has 1 aliphatic rings. The van der Waals surface area contributed by atoms with Crippen molar-refractivity contribution < 1.29 is 22.4 Å². The van der Waals surface area contributed by atoms with Gasteiger partial charge in [-0.05, 0) is 49.2 Å². The van der Waals surface area contributed by atoms with Crippen LogP contribution in [-0.2, 0) is 21.2 Å². The summed E-state index contributed by atoms with van der Waals surface area (Å²) in [6.07, 6.45) is 3.35. The second-order valence-electron chi connectivity index (χ2n) is 7.00. The Hall–Kier alpha value is -2.32. The van der Waals surface area contributed by atoms with Crippen LogP contribution in [0.5, 0.6) is 5.75 Å². The Morgan fingerprint density at radius 1 is 1.18 bits per heavy atom. The van der Waals surface area contributed by atoms with Gasteiger partial charge in [-0.1, -0.05) is 0 Å². The molecular formula is C20H26N2O5S. The molecular weight excluding hydrogens is 380 g/mol. The number of hydrogen-bond donors (Lipinski definition) is 1. The van der Waals surface area contributed by atoms with Gasteiger partial charge in [0.1, 0.15) is 17.3 Å². The van der Waals surface area contributed by atoms with Crippen molar-refractivity contribution in [2.45, 2.75) is 31.7 Å². The van der Waals surface area contributed by atoms with Gasteiger partial charge >= 0.3 is 0 Å². The van der Waals surface area contributed by atoms with Crippen molar-refractivity contribution in [2.75, 3.05) is 26.5 Å². The summed E-state index contributed by atoms with van der Waals surface area (Å²) in [6, 6.07) is 11.4. The molecule has 152 valence electrons. The number of carbonyl (C=O) groups is 1. The van der Waals surface area contributed by atoms with E-state index in [1.807, 2.05) is 36.4 Å². The highest BCUT2D eigenvalue weighted by Crippen LogP contribution is 2.25. The van der Waals surface area contributed by atoms with E-state index in [2.05, 4.69) is 5.32 Å². The largest absolute Gasteiger partial charge is 0.497 e. The van der Waals surface area contributed by atoms with E-state index in [1.54, 1.807) is 7.11 Å². The van der Waals surface area contributed by atoms with Gasteiger partial charge in [0.05, 0.1) is 13.4 Å². The number of furan rings is 1. The maximum atomic E-state index is 12.2. The summed E-state index contributed by atoms with van der Waals surface area (Å²) in [6.45, 7) is 0.903. The zero-order chi connectivity index (χ0) is 20.1. The van der Waals surface area contributed by atoms with Gasteiger partial charge in [-0.15, -0.1) is 0 Å². The SMILES string of the molecule is COc1ccc(-c2ccc(CCC(=O)NC3CCN(S(C)(=O)=O)CC3)o2)cc1. The van der Waals surface area contributed by atoms with Crippen LogP contribution in [0, 0.1) is 0 Å². The molecule has 7 nitrogen and oxygen atoms in total. The molecule has 0 radical (unpaired) electrons. The second kappa shape index (κ2) is 8.79. The number of ether oxygens (including phenoxy) is 1. The van der Waals surface area contributed by atoms with Gasteiger partial charge in [0.15, 0.2) is 0 Å². The molecule has 28 heavy (non-hydrogen) atoms. The first kappa shape index (κ1) is 20.4. The van der Waals surface area contributed by atoms with E-state index in [0.717, 1.165) is 22.8 Å². The predicted molar refractivity (Wildman–Crippen MR) is 107 cm³/mol. The summed E-state index contributed by atoms with van der Waals surface area (Å²) in [4.78, 5) is 12.2. The molecule has 1 aliphatic heterocycles. The Kier molecular flexibility index (Phi) is 6.41. The summed E-state index contributed by atoms with van der Waals surface area (Å²) in [5, 5.41) is 3.00. The topological polar surface area (TPSA) is 88.9 Å². The van der Waals surface area contributed by atoms with Crippen LogP contribution in [0.1, 0.15) is 25.0 Å². The Bertz CT molecular complexity index is 897. The lowest BCUT2D eigenvalue weighted by molar-refractivity contribution is -0.122. The molecule has 1 amide bonds. The standard InChI is InChI=1S/C20H26N2O5S/c1-26-17-5-3-15(4-6-17)19-9-7-18(27-19)8-10-20(23)21-16-11-13-22(14-12-16)28(2,24)25/h3-7,9,16H,8,10-14H2,1-2H3,(H,21,23). The van der Waals surface area contributed by atoms with E-state index in [-0.39, 0.29) is 11.9 Å². The highest BCUT2D eigenvalue weighted by atomic mass is 32.2. The smallest absolute Gasteiger partial charge is 0.220 e. The minimum Gasteiger partial charge on any atom is -0.497 e. The highest BCUT2D eigenvalue weighted by molar-refractivity contribution is 7.88. The highest BCUT2D eigenvalue weighted by Gasteiger charge is 2.25. The van der Waals surface area contributed by atoms with E-state index in [4.69, 9.17) is 9.15 Å². The van der Waals surface area contributed by atoms with Gasteiger partial charge in [-0.2, -0.15) is 0 Å². The maximum Gasteiger partial charge on any atom is 0.220 e. The number of methoxy groups -OCH3 is 1. The average Bonchev–Trinajstić information content (AvgIpc) is 3.15. The molecule has 2 aromatic rings. The summed E-state index contributed by atoms with van der Waals surface area (Å²) in [5.41, 5.74) is 0.953. The summed E-state index contributed by atoms with van der Waals surface area (Å²) < 4.78 is 35.5. The van der Waals surface area contributed by atoms with E-state index in [9.17, 15) is 13.2 Å². The number of carbonyl (C=O) groups excluding carboxylic acids is 1. The van der Waals surface area contributed by atoms with Crippen LogP contribution in [0.3, 0.4) is 0 Å². The van der Waals surface area contributed by atoms with E-state index in [0.29, 0.717) is 38.8 Å². The molecule has 0 atom stereocenters. The van der Waals surface area contributed by atoms with Gasteiger partial charge in [0.2, 0.25) is 15.9 Å². The molecule has 0 aliphatic carbocycles. The van der Waals surface area contributed by atoms with Crippen molar-refractivity contribution in [3.63, 3.8) is 0 Å². The average molecular weight is 407 g/mol. The summed E-state index contributed by atoms with van der Waals surface area (Å²) in [7, 11) is -1.52. The van der Waals surface area contributed by atoms with Gasteiger partial charge in [0, 0.05) is 37.5 Å². The fourth-order valence-electron chi connectivity index (χ4n) is 3.29. The monoisotopic (exact) mass is 406 g/mol. The van der Waals surface area contributed by atoms with E-state index >= 15 is 0 Å². The second-order valence-corrected chi connectivity index (χ2v) is 8.98. The van der Waals surface area contributed by atoms with Crippen LogP contribution in [-0.4, -0.2) is 51.1 Å². The van der Waals surface area contributed by atoms with Gasteiger partial charge in [-0.3, -0.25) is 4.79 Å². The number of nitrogens with zero attached hydrogens (tertiary/aromatic N) is 1. The maximum absolute atomic E-state index is 12.2. The molecule has 3 rings (SSSR count). The van der Waals surface area contributed by atoms with Crippen LogP contribution < -0.4 is 10.1 Å². The van der Waals surface area contributed by atoms with Gasteiger partial charge in [-0.25, -0.2) is 12.7 Å². The lowest BCUT2D eigenvalue weighted by Gasteiger charge is -2.30. The first-order valence-corrected chi connectivity index (χ1v) is 11.2. The molecule has 0 spiro atoms. The number of sulfonamides is 1. The van der Waals surface area contributed by atoms with Crippen molar-refractivity contribution in [1.29, 1.82) is 0 Å². The Morgan fingerprint density at radius 3 is 2.46 bits per heavy atom. The third kappa shape index (κ3) is 5.36. The molecule has 0 unspecified atom stereocenters. The lowest BCUT2D eigenvalue weighted by Crippen LogP contribution is -2.46. The third-order valence-electron chi connectivity index (χ3n) is 4.92. The molecule has 1 aromatic heterocycles. The molecule has 0 saturated carbocycles. The molecule has 2 heterocycles. The fourth-order valence-corrected chi connectivity index (χ4v) is 4.17. The third-order valence-corrected chi connectivity index (χ3v) is 6.23. The van der Waals surface area contributed by atoms with Crippen molar-refractivity contribution in [3.8, 4) is 17.1 Å². The normalized spacial score (nSPS) is 16.1. The molecule has 0 bridgehead atoms. The number of hydrogen-bond acceptors (Lipinski definition) is 5. The van der Waals surface area contributed by atoms with Crippen molar-refractivity contribution >= 4 is 15.9 Å². The van der Waals surface area contributed by atoms with Crippen LogP contribution in [0.15, 0.2) is 40.8 Å². The minimum atomic E-state index is -3.15. The first-order chi connectivity index (χ1) is 13.3. The number of amides is 1. The quantitative estimate of drug-likeness (QED) is 0.763. The molecule has 1 aromatic carbocycles. The lowest BCUT2D eigenvalue weighted by atomic mass is 10.1. The zero-order valence-corrected chi connectivity index (χ0v) is 17.0. The molecule has 8 heteroatoms. The first-order valence-electron chi connectivity index (χ1n) is 9.33. The van der Waals surface area contributed by atoms with Crippen LogP contribution in [0.4, 0.5) is 0 Å². The van der Waals surface area contributed by atoms with E-state index in [1.165, 1.54) is 10.6 Å². The zero-order valence-electron chi connectivity index (χ0n) is 16.2. The fraction of sp³-hybridized carbons (Fsp3) is 0.450. The van der Waals surface area contributed by atoms with Crippen molar-refractivity contribution in [1.82, 2.24) is 9.62 Å². The number of aryl methyl sites for hydroxylation is 1. The number of nitrogens with one attached hydrogen (secondary N) is 1. The molecule has 1 N–H and O–H groups in total.